The highest BCUT2D eigenvalue weighted by Crippen LogP contribution is 2.27. The summed E-state index contributed by atoms with van der Waals surface area (Å²) in [6.07, 6.45) is 1.60. The van der Waals surface area contributed by atoms with E-state index in [0.717, 1.165) is 11.3 Å². The molecule has 0 fully saturated rings. The summed E-state index contributed by atoms with van der Waals surface area (Å²) < 4.78 is 20.6. The van der Waals surface area contributed by atoms with Gasteiger partial charge in [-0.25, -0.2) is 4.39 Å². The average molecular weight is 443 g/mol. The Kier molecular flexibility index (Phi) is 6.15. The standard InChI is InChI=1S/C21H16ClFN4O2S/c22-15-5-1-4-14(10-15)20-25-26-21(27(20)12-18-8-3-9-29-18)30-13-19(28)24-17-7-2-6-16(23)11-17/h1-11H,12-13H2,(H,24,28). The van der Waals surface area contributed by atoms with Gasteiger partial charge in [0.05, 0.1) is 18.6 Å². The number of rotatable bonds is 7. The summed E-state index contributed by atoms with van der Waals surface area (Å²) >= 11 is 7.36. The molecule has 1 N–H and O–H groups in total. The summed E-state index contributed by atoms with van der Waals surface area (Å²) in [4.78, 5) is 12.3. The molecule has 2 heterocycles. The van der Waals surface area contributed by atoms with Gasteiger partial charge in [-0.2, -0.15) is 0 Å². The van der Waals surface area contributed by atoms with Crippen LogP contribution in [0.15, 0.2) is 76.5 Å². The van der Waals surface area contributed by atoms with Crippen molar-refractivity contribution >= 4 is 35.0 Å². The van der Waals surface area contributed by atoms with E-state index in [1.165, 1.54) is 30.0 Å². The van der Waals surface area contributed by atoms with Crippen molar-refractivity contribution in [2.45, 2.75) is 11.7 Å². The highest BCUT2D eigenvalue weighted by Gasteiger charge is 2.17. The molecule has 0 unspecified atom stereocenters. The van der Waals surface area contributed by atoms with Gasteiger partial charge in [-0.15, -0.1) is 10.2 Å². The zero-order valence-corrected chi connectivity index (χ0v) is 17.2. The van der Waals surface area contributed by atoms with Crippen molar-refractivity contribution in [1.82, 2.24) is 14.8 Å². The number of nitrogens with zero attached hydrogens (tertiary/aromatic N) is 3. The Morgan fingerprint density at radius 1 is 1.13 bits per heavy atom. The minimum absolute atomic E-state index is 0.0857. The third-order valence-electron chi connectivity index (χ3n) is 4.13. The molecule has 6 nitrogen and oxygen atoms in total. The second-order valence-corrected chi connectivity index (χ2v) is 7.71. The number of aromatic nitrogens is 3. The molecule has 0 atom stereocenters. The Bertz CT molecular complexity index is 1160. The number of halogens is 2. The van der Waals surface area contributed by atoms with Crippen molar-refractivity contribution in [2.24, 2.45) is 0 Å². The maximum absolute atomic E-state index is 13.3. The molecule has 0 spiro atoms. The zero-order valence-electron chi connectivity index (χ0n) is 15.6. The first-order valence-corrected chi connectivity index (χ1v) is 10.3. The summed E-state index contributed by atoms with van der Waals surface area (Å²) in [5.41, 5.74) is 1.20. The number of thioether (sulfide) groups is 1. The topological polar surface area (TPSA) is 73.0 Å². The number of nitrogens with one attached hydrogen (secondary N) is 1. The predicted molar refractivity (Wildman–Crippen MR) is 114 cm³/mol. The summed E-state index contributed by atoms with van der Waals surface area (Å²) in [5.74, 6) is 0.737. The number of anilines is 1. The fraction of sp³-hybridized carbons (Fsp3) is 0.0952. The molecule has 0 saturated heterocycles. The fourth-order valence-electron chi connectivity index (χ4n) is 2.83. The monoisotopic (exact) mass is 442 g/mol. The lowest BCUT2D eigenvalue weighted by atomic mass is 10.2. The van der Waals surface area contributed by atoms with E-state index in [0.29, 0.717) is 28.2 Å². The van der Waals surface area contributed by atoms with E-state index in [4.69, 9.17) is 16.0 Å². The van der Waals surface area contributed by atoms with Crippen LogP contribution in [0, 0.1) is 5.82 Å². The first-order chi connectivity index (χ1) is 14.6. The molecule has 0 radical (unpaired) electrons. The smallest absolute Gasteiger partial charge is 0.234 e. The van der Waals surface area contributed by atoms with E-state index in [-0.39, 0.29) is 11.7 Å². The lowest BCUT2D eigenvalue weighted by molar-refractivity contribution is -0.113. The van der Waals surface area contributed by atoms with Crippen molar-refractivity contribution in [1.29, 1.82) is 0 Å². The molecule has 0 aliphatic heterocycles. The predicted octanol–water partition coefficient (Wildman–Crippen LogP) is 5.11. The Labute approximate surface area is 181 Å². The zero-order chi connectivity index (χ0) is 20.9. The molecular weight excluding hydrogens is 427 g/mol. The van der Waals surface area contributed by atoms with Crippen LogP contribution < -0.4 is 5.32 Å². The Hall–Kier alpha value is -3.10. The lowest BCUT2D eigenvalue weighted by Crippen LogP contribution is -2.15. The highest BCUT2D eigenvalue weighted by atomic mass is 35.5. The number of hydrogen-bond donors (Lipinski definition) is 1. The molecule has 0 bridgehead atoms. The minimum atomic E-state index is -0.412. The molecule has 30 heavy (non-hydrogen) atoms. The molecule has 0 aliphatic carbocycles. The molecule has 0 aliphatic rings. The van der Waals surface area contributed by atoms with Gasteiger partial charge in [0.2, 0.25) is 5.91 Å². The van der Waals surface area contributed by atoms with Crippen molar-refractivity contribution in [3.8, 4) is 11.4 Å². The quantitative estimate of drug-likeness (QED) is 0.402. The van der Waals surface area contributed by atoms with E-state index < -0.39 is 5.82 Å². The molecular formula is C21H16ClFN4O2S. The minimum Gasteiger partial charge on any atom is -0.467 e. The summed E-state index contributed by atoms with van der Waals surface area (Å²) in [6.45, 7) is 0.399. The second-order valence-electron chi connectivity index (χ2n) is 6.33. The maximum Gasteiger partial charge on any atom is 0.234 e. The molecule has 1 amide bonds. The SMILES string of the molecule is O=C(CSc1nnc(-c2cccc(Cl)c2)n1Cc1ccco1)Nc1cccc(F)c1. The molecule has 4 rings (SSSR count). The molecule has 2 aromatic heterocycles. The third-order valence-corrected chi connectivity index (χ3v) is 5.34. The number of amides is 1. The average Bonchev–Trinajstić information content (AvgIpc) is 3.37. The van der Waals surface area contributed by atoms with E-state index in [9.17, 15) is 9.18 Å². The van der Waals surface area contributed by atoms with E-state index >= 15 is 0 Å². The van der Waals surface area contributed by atoms with Gasteiger partial charge < -0.3 is 9.73 Å². The van der Waals surface area contributed by atoms with Crippen LogP contribution in [0.4, 0.5) is 10.1 Å². The van der Waals surface area contributed by atoms with Gasteiger partial charge in [0, 0.05) is 16.3 Å². The summed E-state index contributed by atoms with van der Waals surface area (Å²) in [7, 11) is 0. The summed E-state index contributed by atoms with van der Waals surface area (Å²) in [5, 5.41) is 12.3. The summed E-state index contributed by atoms with van der Waals surface area (Å²) in [6, 6.07) is 16.7. The Morgan fingerprint density at radius 2 is 2.00 bits per heavy atom. The highest BCUT2D eigenvalue weighted by molar-refractivity contribution is 7.99. The van der Waals surface area contributed by atoms with Crippen LogP contribution in [-0.2, 0) is 11.3 Å². The normalized spacial score (nSPS) is 10.9. The van der Waals surface area contributed by atoms with Crippen LogP contribution in [0.25, 0.3) is 11.4 Å². The van der Waals surface area contributed by atoms with Gasteiger partial charge in [0.25, 0.3) is 0 Å². The van der Waals surface area contributed by atoms with Crippen LogP contribution in [-0.4, -0.2) is 26.4 Å². The third kappa shape index (κ3) is 4.90. The van der Waals surface area contributed by atoms with Gasteiger partial charge >= 0.3 is 0 Å². The van der Waals surface area contributed by atoms with Crippen LogP contribution in [0.3, 0.4) is 0 Å². The molecule has 2 aromatic carbocycles. The molecule has 0 saturated carbocycles. The van der Waals surface area contributed by atoms with Crippen LogP contribution in [0.2, 0.25) is 5.02 Å². The van der Waals surface area contributed by atoms with Crippen molar-refractivity contribution < 1.29 is 13.6 Å². The number of carbonyl (C=O) groups excluding carboxylic acids is 1. The molecule has 152 valence electrons. The van der Waals surface area contributed by atoms with Crippen LogP contribution >= 0.6 is 23.4 Å². The van der Waals surface area contributed by atoms with E-state index in [1.54, 1.807) is 30.5 Å². The van der Waals surface area contributed by atoms with Gasteiger partial charge in [0.15, 0.2) is 11.0 Å². The van der Waals surface area contributed by atoms with Gasteiger partial charge in [-0.3, -0.25) is 9.36 Å². The lowest BCUT2D eigenvalue weighted by Gasteiger charge is -2.09. The molecule has 9 heteroatoms. The van der Waals surface area contributed by atoms with Crippen molar-refractivity contribution in [2.75, 3.05) is 11.1 Å². The largest absolute Gasteiger partial charge is 0.467 e. The van der Waals surface area contributed by atoms with E-state index in [1.807, 2.05) is 22.8 Å². The Balaban J connectivity index is 1.54. The second kappa shape index (κ2) is 9.15. The first kappa shape index (κ1) is 20.2. The van der Waals surface area contributed by atoms with Gasteiger partial charge in [-0.05, 0) is 42.5 Å². The Morgan fingerprint density at radius 3 is 2.77 bits per heavy atom. The number of hydrogen-bond acceptors (Lipinski definition) is 5. The van der Waals surface area contributed by atoms with Gasteiger partial charge in [-0.1, -0.05) is 41.6 Å². The van der Waals surface area contributed by atoms with Gasteiger partial charge in [0.1, 0.15) is 11.6 Å². The fourth-order valence-corrected chi connectivity index (χ4v) is 3.76. The number of furan rings is 1. The van der Waals surface area contributed by atoms with Crippen molar-refractivity contribution in [3.05, 3.63) is 83.5 Å². The van der Waals surface area contributed by atoms with Crippen LogP contribution in [0.1, 0.15) is 5.76 Å². The van der Waals surface area contributed by atoms with Crippen LogP contribution in [0.5, 0.6) is 0 Å². The van der Waals surface area contributed by atoms with E-state index in [2.05, 4.69) is 15.5 Å². The van der Waals surface area contributed by atoms with Crippen molar-refractivity contribution in [3.63, 3.8) is 0 Å². The molecule has 4 aromatic rings. The first-order valence-electron chi connectivity index (χ1n) is 8.98. The number of carbonyl (C=O) groups is 1. The number of benzene rings is 2. The maximum atomic E-state index is 13.3.